The number of hydrogen-bond acceptors (Lipinski definition) is 6. The van der Waals surface area contributed by atoms with E-state index in [-0.39, 0.29) is 37.5 Å². The summed E-state index contributed by atoms with van der Waals surface area (Å²) in [4.78, 5) is 38.0. The molecule has 0 spiro atoms. The lowest BCUT2D eigenvalue weighted by atomic mass is 10.1. The van der Waals surface area contributed by atoms with E-state index in [0.717, 1.165) is 128 Å². The smallest absolute Gasteiger partial charge is 0.306 e. The first kappa shape index (κ1) is 62.1. The molecule has 0 bridgehead atoms. The zero-order valence-electron chi connectivity index (χ0n) is 42.7. The second-order valence-electron chi connectivity index (χ2n) is 17.4. The first-order valence-electron chi connectivity index (χ1n) is 26.9. The van der Waals surface area contributed by atoms with Gasteiger partial charge in [0.05, 0.1) is 0 Å². The van der Waals surface area contributed by atoms with E-state index in [2.05, 4.69) is 130 Å². The Balaban J connectivity index is 4.49. The third-order valence-electron chi connectivity index (χ3n) is 11.0. The SMILES string of the molecule is CC/C=C\C/C=C\C/C=C\C/C=C\CCCCCCCCC(=O)OCC(COC(=O)CCCCCCC/C=C\C/C=C\CC)OC(=O)CCC/C=C\C/C=C\C/C=C\CCCCCCCC. The minimum Gasteiger partial charge on any atom is -0.462 e. The summed E-state index contributed by atoms with van der Waals surface area (Å²) in [6, 6.07) is 0. The van der Waals surface area contributed by atoms with Crippen molar-refractivity contribution >= 4 is 17.9 Å². The maximum atomic E-state index is 12.8. The van der Waals surface area contributed by atoms with Crippen molar-refractivity contribution < 1.29 is 28.6 Å². The summed E-state index contributed by atoms with van der Waals surface area (Å²) in [7, 11) is 0. The number of hydrogen-bond donors (Lipinski definition) is 0. The van der Waals surface area contributed by atoms with Crippen molar-refractivity contribution in [3.8, 4) is 0 Å². The number of carbonyl (C=O) groups is 3. The topological polar surface area (TPSA) is 78.9 Å². The van der Waals surface area contributed by atoms with E-state index in [0.29, 0.717) is 19.3 Å². The number of rotatable bonds is 47. The van der Waals surface area contributed by atoms with Crippen LogP contribution in [0.15, 0.2) is 109 Å². The standard InChI is InChI=1S/C60H98O6/c1-4-7-10-13-16-19-22-25-27-29-30-32-33-35-38-41-44-47-50-53-59(62)65-56-57(55-64-58(61)52-49-46-43-40-37-24-21-18-15-12-9-6-3)66-60(63)54-51-48-45-42-39-36-34-31-28-26-23-20-17-14-11-8-5-2/h7,9-10,12,16,18-19,21,25-28,30,32,34,36,42,45,57H,4-6,8,11,13-15,17,20,22-24,29,31,33,35,37-41,43-44,46-56H2,1-3H3/b10-7-,12-9-,19-16-,21-18-,27-25-,28-26-,32-30-,36-34-,45-42-. The Morgan fingerprint density at radius 1 is 0.318 bits per heavy atom. The number of ether oxygens (including phenoxy) is 3. The quantitative estimate of drug-likeness (QED) is 0.0262. The normalized spacial score (nSPS) is 13.0. The molecule has 0 aromatic heterocycles. The average Bonchev–Trinajstić information content (AvgIpc) is 3.31. The molecule has 374 valence electrons. The first-order chi connectivity index (χ1) is 32.5. The molecular formula is C60H98O6. The third kappa shape index (κ3) is 51.1. The van der Waals surface area contributed by atoms with Gasteiger partial charge in [0.25, 0.3) is 0 Å². The highest BCUT2D eigenvalue weighted by Gasteiger charge is 2.19. The van der Waals surface area contributed by atoms with Gasteiger partial charge >= 0.3 is 17.9 Å². The molecule has 0 saturated heterocycles. The van der Waals surface area contributed by atoms with Crippen molar-refractivity contribution in [3.63, 3.8) is 0 Å². The van der Waals surface area contributed by atoms with Gasteiger partial charge in [-0.15, -0.1) is 0 Å². The average molecular weight is 915 g/mol. The third-order valence-corrected chi connectivity index (χ3v) is 11.0. The van der Waals surface area contributed by atoms with E-state index in [1.165, 1.54) is 57.8 Å². The summed E-state index contributed by atoms with van der Waals surface area (Å²) in [6.07, 6.45) is 72.2. The second-order valence-corrected chi connectivity index (χ2v) is 17.4. The molecule has 1 atom stereocenters. The number of esters is 3. The van der Waals surface area contributed by atoms with Crippen LogP contribution in [-0.2, 0) is 28.6 Å². The highest BCUT2D eigenvalue weighted by molar-refractivity contribution is 5.71. The maximum absolute atomic E-state index is 12.8. The zero-order chi connectivity index (χ0) is 47.9. The summed E-state index contributed by atoms with van der Waals surface area (Å²) >= 11 is 0. The molecular weight excluding hydrogens is 817 g/mol. The number of carbonyl (C=O) groups excluding carboxylic acids is 3. The second kappa shape index (κ2) is 53.7. The van der Waals surface area contributed by atoms with Gasteiger partial charge in [-0.1, -0.05) is 207 Å². The summed E-state index contributed by atoms with van der Waals surface area (Å²) in [5, 5.41) is 0. The predicted octanol–water partition coefficient (Wildman–Crippen LogP) is 17.9. The monoisotopic (exact) mass is 915 g/mol. The summed E-state index contributed by atoms with van der Waals surface area (Å²) in [5.74, 6) is -0.997. The Bertz CT molecular complexity index is 1370. The van der Waals surface area contributed by atoms with Crippen molar-refractivity contribution in [2.75, 3.05) is 13.2 Å². The first-order valence-corrected chi connectivity index (χ1v) is 26.9. The zero-order valence-corrected chi connectivity index (χ0v) is 42.7. The molecule has 0 saturated carbocycles. The van der Waals surface area contributed by atoms with Gasteiger partial charge in [0, 0.05) is 19.3 Å². The van der Waals surface area contributed by atoms with Crippen LogP contribution in [0.5, 0.6) is 0 Å². The fraction of sp³-hybridized carbons (Fsp3) is 0.650. The van der Waals surface area contributed by atoms with Crippen LogP contribution in [0, 0.1) is 0 Å². The number of allylic oxidation sites excluding steroid dienone is 18. The van der Waals surface area contributed by atoms with Crippen molar-refractivity contribution in [1.29, 1.82) is 0 Å². The Morgan fingerprint density at radius 3 is 0.970 bits per heavy atom. The number of unbranched alkanes of at least 4 members (excludes halogenated alkanes) is 18. The minimum atomic E-state index is -0.818. The van der Waals surface area contributed by atoms with Crippen LogP contribution in [0.4, 0.5) is 0 Å². The predicted molar refractivity (Wildman–Crippen MR) is 283 cm³/mol. The molecule has 1 unspecified atom stereocenters. The van der Waals surface area contributed by atoms with Crippen LogP contribution >= 0.6 is 0 Å². The van der Waals surface area contributed by atoms with Crippen molar-refractivity contribution in [2.45, 2.75) is 239 Å². The molecule has 0 rings (SSSR count). The molecule has 0 aliphatic rings. The Labute approximate surface area is 406 Å². The molecule has 0 amide bonds. The highest BCUT2D eigenvalue weighted by atomic mass is 16.6. The van der Waals surface area contributed by atoms with Crippen LogP contribution in [-0.4, -0.2) is 37.2 Å². The lowest BCUT2D eigenvalue weighted by Crippen LogP contribution is -2.30. The van der Waals surface area contributed by atoms with E-state index < -0.39 is 6.10 Å². The Kier molecular flexibility index (Phi) is 50.5. The highest BCUT2D eigenvalue weighted by Crippen LogP contribution is 2.13. The van der Waals surface area contributed by atoms with Crippen molar-refractivity contribution in [2.24, 2.45) is 0 Å². The van der Waals surface area contributed by atoms with Gasteiger partial charge in [0.15, 0.2) is 6.10 Å². The van der Waals surface area contributed by atoms with Crippen LogP contribution in [0.25, 0.3) is 0 Å². The van der Waals surface area contributed by atoms with Crippen molar-refractivity contribution in [1.82, 2.24) is 0 Å². The van der Waals surface area contributed by atoms with Crippen LogP contribution in [0.3, 0.4) is 0 Å². The molecule has 66 heavy (non-hydrogen) atoms. The molecule has 6 heteroatoms. The fourth-order valence-corrected chi connectivity index (χ4v) is 7.02. The summed E-state index contributed by atoms with van der Waals surface area (Å²) in [5.41, 5.74) is 0. The van der Waals surface area contributed by atoms with E-state index in [4.69, 9.17) is 14.2 Å². The van der Waals surface area contributed by atoms with Gasteiger partial charge in [-0.2, -0.15) is 0 Å². The molecule has 0 aliphatic carbocycles. The largest absolute Gasteiger partial charge is 0.462 e. The minimum absolute atomic E-state index is 0.112. The lowest BCUT2D eigenvalue weighted by molar-refractivity contribution is -0.167. The molecule has 0 fully saturated rings. The van der Waals surface area contributed by atoms with Gasteiger partial charge < -0.3 is 14.2 Å². The molecule has 0 aromatic carbocycles. The Morgan fingerprint density at radius 2 is 0.606 bits per heavy atom. The molecule has 0 aromatic rings. The van der Waals surface area contributed by atoms with Gasteiger partial charge in [0.1, 0.15) is 13.2 Å². The van der Waals surface area contributed by atoms with Crippen LogP contribution in [0.2, 0.25) is 0 Å². The van der Waals surface area contributed by atoms with Gasteiger partial charge in [-0.25, -0.2) is 0 Å². The Hall–Kier alpha value is -3.93. The summed E-state index contributed by atoms with van der Waals surface area (Å²) in [6.45, 7) is 6.33. The summed E-state index contributed by atoms with van der Waals surface area (Å²) < 4.78 is 16.7. The lowest BCUT2D eigenvalue weighted by Gasteiger charge is -2.18. The van der Waals surface area contributed by atoms with Gasteiger partial charge in [-0.05, 0) is 116 Å². The molecule has 0 N–H and O–H groups in total. The van der Waals surface area contributed by atoms with E-state index in [1.54, 1.807) is 0 Å². The van der Waals surface area contributed by atoms with Crippen LogP contribution in [0.1, 0.15) is 233 Å². The van der Waals surface area contributed by atoms with Gasteiger partial charge in [-0.3, -0.25) is 14.4 Å². The molecule has 0 heterocycles. The maximum Gasteiger partial charge on any atom is 0.306 e. The van der Waals surface area contributed by atoms with Gasteiger partial charge in [0.2, 0.25) is 0 Å². The van der Waals surface area contributed by atoms with E-state index >= 15 is 0 Å². The van der Waals surface area contributed by atoms with Crippen molar-refractivity contribution in [3.05, 3.63) is 109 Å². The fourth-order valence-electron chi connectivity index (χ4n) is 7.02. The molecule has 6 nitrogen and oxygen atoms in total. The molecule has 0 radical (unpaired) electrons. The molecule has 0 aliphatic heterocycles. The van der Waals surface area contributed by atoms with Crippen LogP contribution < -0.4 is 0 Å². The van der Waals surface area contributed by atoms with E-state index in [9.17, 15) is 14.4 Å². The van der Waals surface area contributed by atoms with E-state index in [1.807, 2.05) is 0 Å².